The predicted octanol–water partition coefficient (Wildman–Crippen LogP) is 2.41. The van der Waals surface area contributed by atoms with Gasteiger partial charge >= 0.3 is 0 Å². The number of piperidine rings is 1. The molecule has 0 bridgehead atoms. The number of nitrogens with one attached hydrogen (secondary N) is 1. The molecule has 0 aliphatic carbocycles. The van der Waals surface area contributed by atoms with Crippen LogP contribution in [-0.4, -0.2) is 37.0 Å². The van der Waals surface area contributed by atoms with Crippen molar-refractivity contribution in [2.75, 3.05) is 20.1 Å². The van der Waals surface area contributed by atoms with Gasteiger partial charge in [-0.05, 0) is 38.1 Å². The number of likely N-dealkylation sites (tertiary alicyclic amines) is 1. The van der Waals surface area contributed by atoms with E-state index in [1.165, 1.54) is 12.1 Å². The van der Waals surface area contributed by atoms with Crippen LogP contribution in [0.2, 0.25) is 0 Å². The largest absolute Gasteiger partial charge is 0.339 e. The number of hydrogen-bond acceptors (Lipinski definition) is 2. The van der Waals surface area contributed by atoms with E-state index in [-0.39, 0.29) is 5.91 Å². The van der Waals surface area contributed by atoms with E-state index in [2.05, 4.69) is 21.2 Å². The highest BCUT2D eigenvalue weighted by Gasteiger charge is 2.23. The van der Waals surface area contributed by atoms with Gasteiger partial charge in [0.15, 0.2) is 0 Å². The molecule has 2 rings (SSSR count). The van der Waals surface area contributed by atoms with Crippen molar-refractivity contribution >= 4 is 21.8 Å². The van der Waals surface area contributed by atoms with E-state index in [1.54, 1.807) is 11.0 Å². The Morgan fingerprint density at radius 1 is 1.39 bits per heavy atom. The standard InChI is InChI=1S/C13H16BrFN2O/c1-16-12-2-4-17(5-3-12)13(18)9-6-10(14)8-11(15)7-9/h6-8,12,16H,2-5H2,1H3. The average molecular weight is 315 g/mol. The highest BCUT2D eigenvalue weighted by molar-refractivity contribution is 9.10. The van der Waals surface area contributed by atoms with E-state index in [4.69, 9.17) is 0 Å². The van der Waals surface area contributed by atoms with Crippen LogP contribution in [0.5, 0.6) is 0 Å². The van der Waals surface area contributed by atoms with Crippen LogP contribution >= 0.6 is 15.9 Å². The van der Waals surface area contributed by atoms with E-state index >= 15 is 0 Å². The molecule has 3 nitrogen and oxygen atoms in total. The number of halogens is 2. The molecule has 0 saturated carbocycles. The monoisotopic (exact) mass is 314 g/mol. The second-order valence-electron chi connectivity index (χ2n) is 4.51. The zero-order valence-corrected chi connectivity index (χ0v) is 11.8. The van der Waals surface area contributed by atoms with Gasteiger partial charge in [-0.1, -0.05) is 15.9 Å². The Hall–Kier alpha value is -0.940. The molecule has 0 aromatic heterocycles. The minimum Gasteiger partial charge on any atom is -0.339 e. The summed E-state index contributed by atoms with van der Waals surface area (Å²) in [4.78, 5) is 14.0. The Morgan fingerprint density at radius 3 is 2.61 bits per heavy atom. The molecule has 1 N–H and O–H groups in total. The molecule has 1 saturated heterocycles. The molecule has 0 atom stereocenters. The summed E-state index contributed by atoms with van der Waals surface area (Å²) < 4.78 is 13.9. The Bertz CT molecular complexity index is 424. The lowest BCUT2D eigenvalue weighted by Crippen LogP contribution is -2.43. The summed E-state index contributed by atoms with van der Waals surface area (Å²) in [5.41, 5.74) is 0.407. The molecule has 18 heavy (non-hydrogen) atoms. The highest BCUT2D eigenvalue weighted by atomic mass is 79.9. The van der Waals surface area contributed by atoms with Crippen molar-refractivity contribution in [1.29, 1.82) is 0 Å². The van der Waals surface area contributed by atoms with Gasteiger partial charge in [-0.15, -0.1) is 0 Å². The van der Waals surface area contributed by atoms with Gasteiger partial charge in [0.05, 0.1) is 0 Å². The molecular formula is C13H16BrFN2O. The van der Waals surface area contributed by atoms with Crippen molar-refractivity contribution in [1.82, 2.24) is 10.2 Å². The van der Waals surface area contributed by atoms with Crippen LogP contribution in [0.3, 0.4) is 0 Å². The van der Waals surface area contributed by atoms with Gasteiger partial charge in [-0.2, -0.15) is 0 Å². The fourth-order valence-corrected chi connectivity index (χ4v) is 2.70. The minimum atomic E-state index is -0.391. The van der Waals surface area contributed by atoms with Gasteiger partial charge in [-0.25, -0.2) is 4.39 Å². The van der Waals surface area contributed by atoms with E-state index < -0.39 is 5.82 Å². The smallest absolute Gasteiger partial charge is 0.253 e. The summed E-state index contributed by atoms with van der Waals surface area (Å²) in [5.74, 6) is -0.484. The van der Waals surface area contributed by atoms with Crippen molar-refractivity contribution in [2.45, 2.75) is 18.9 Å². The zero-order chi connectivity index (χ0) is 13.1. The lowest BCUT2D eigenvalue weighted by molar-refractivity contribution is 0.0707. The first-order chi connectivity index (χ1) is 8.60. The Balaban J connectivity index is 2.07. The van der Waals surface area contributed by atoms with Crippen molar-refractivity contribution in [3.8, 4) is 0 Å². The number of rotatable bonds is 2. The molecule has 1 heterocycles. The van der Waals surface area contributed by atoms with Gasteiger partial charge in [-0.3, -0.25) is 4.79 Å². The molecule has 98 valence electrons. The second kappa shape index (κ2) is 5.80. The first-order valence-corrected chi connectivity index (χ1v) is 6.82. The van der Waals surface area contributed by atoms with Gasteiger partial charge in [0, 0.05) is 29.2 Å². The summed E-state index contributed by atoms with van der Waals surface area (Å²) >= 11 is 3.21. The molecule has 1 aliphatic rings. The van der Waals surface area contributed by atoms with Gasteiger partial charge < -0.3 is 10.2 Å². The molecule has 0 spiro atoms. The number of carbonyl (C=O) groups excluding carboxylic acids is 1. The Labute approximate surface area is 114 Å². The number of hydrogen-bond donors (Lipinski definition) is 1. The molecule has 1 aliphatic heterocycles. The van der Waals surface area contributed by atoms with Gasteiger partial charge in [0.2, 0.25) is 0 Å². The van der Waals surface area contributed by atoms with Crippen LogP contribution in [-0.2, 0) is 0 Å². The third kappa shape index (κ3) is 3.09. The molecule has 1 aromatic carbocycles. The molecule has 0 radical (unpaired) electrons. The third-order valence-corrected chi connectivity index (χ3v) is 3.76. The number of benzene rings is 1. The fraction of sp³-hybridized carbons (Fsp3) is 0.462. The van der Waals surface area contributed by atoms with Gasteiger partial charge in [0.1, 0.15) is 5.82 Å². The molecule has 5 heteroatoms. The predicted molar refractivity (Wildman–Crippen MR) is 72.1 cm³/mol. The van der Waals surface area contributed by atoms with Crippen LogP contribution in [0.1, 0.15) is 23.2 Å². The lowest BCUT2D eigenvalue weighted by Gasteiger charge is -2.31. The normalized spacial score (nSPS) is 16.9. The maximum absolute atomic E-state index is 13.3. The fourth-order valence-electron chi connectivity index (χ4n) is 2.23. The van der Waals surface area contributed by atoms with Gasteiger partial charge in [0.25, 0.3) is 5.91 Å². The lowest BCUT2D eigenvalue weighted by atomic mass is 10.0. The first kappa shape index (κ1) is 13.5. The molecule has 1 aromatic rings. The minimum absolute atomic E-state index is 0.0928. The quantitative estimate of drug-likeness (QED) is 0.909. The average Bonchev–Trinajstić information content (AvgIpc) is 2.37. The highest BCUT2D eigenvalue weighted by Crippen LogP contribution is 2.18. The number of nitrogens with zero attached hydrogens (tertiary/aromatic N) is 1. The summed E-state index contributed by atoms with van der Waals surface area (Å²) in [6.45, 7) is 1.44. The topological polar surface area (TPSA) is 32.3 Å². The van der Waals surface area contributed by atoms with Crippen molar-refractivity contribution in [3.63, 3.8) is 0 Å². The Morgan fingerprint density at radius 2 is 2.06 bits per heavy atom. The van der Waals surface area contributed by atoms with E-state index in [9.17, 15) is 9.18 Å². The molecule has 0 unspecified atom stereocenters. The van der Waals surface area contributed by atoms with Crippen molar-refractivity contribution < 1.29 is 9.18 Å². The molecular weight excluding hydrogens is 299 g/mol. The summed E-state index contributed by atoms with van der Waals surface area (Å²) in [6.07, 6.45) is 1.89. The van der Waals surface area contributed by atoms with Crippen LogP contribution in [0.15, 0.2) is 22.7 Å². The van der Waals surface area contributed by atoms with Crippen LogP contribution in [0.25, 0.3) is 0 Å². The van der Waals surface area contributed by atoms with E-state index in [0.29, 0.717) is 16.1 Å². The third-order valence-electron chi connectivity index (χ3n) is 3.30. The Kier molecular flexibility index (Phi) is 4.35. The SMILES string of the molecule is CNC1CCN(C(=O)c2cc(F)cc(Br)c2)CC1. The van der Waals surface area contributed by atoms with Crippen LogP contribution in [0, 0.1) is 5.82 Å². The van der Waals surface area contributed by atoms with E-state index in [0.717, 1.165) is 25.9 Å². The second-order valence-corrected chi connectivity index (χ2v) is 5.43. The molecule has 1 fully saturated rings. The van der Waals surface area contributed by atoms with E-state index in [1.807, 2.05) is 7.05 Å². The summed E-state index contributed by atoms with van der Waals surface area (Å²) in [6, 6.07) is 4.78. The van der Waals surface area contributed by atoms with Crippen LogP contribution < -0.4 is 5.32 Å². The maximum Gasteiger partial charge on any atom is 0.253 e. The molecule has 1 amide bonds. The zero-order valence-electron chi connectivity index (χ0n) is 10.2. The maximum atomic E-state index is 13.3. The number of carbonyl (C=O) groups is 1. The first-order valence-electron chi connectivity index (χ1n) is 6.03. The van der Waals surface area contributed by atoms with Crippen LogP contribution in [0.4, 0.5) is 4.39 Å². The van der Waals surface area contributed by atoms with Crippen molar-refractivity contribution in [3.05, 3.63) is 34.1 Å². The van der Waals surface area contributed by atoms with Crippen molar-refractivity contribution in [2.24, 2.45) is 0 Å². The number of amides is 1. The summed E-state index contributed by atoms with van der Waals surface area (Å²) in [7, 11) is 1.94. The summed E-state index contributed by atoms with van der Waals surface area (Å²) in [5, 5.41) is 3.22.